The fourth-order valence-corrected chi connectivity index (χ4v) is 5.53. The van der Waals surface area contributed by atoms with Gasteiger partial charge < -0.3 is 0 Å². The average Bonchev–Trinajstić information content (AvgIpc) is 3.04. The molecule has 40 heavy (non-hydrogen) atoms. The molecule has 4 heteroatoms. The molecule has 4 heterocycles. The van der Waals surface area contributed by atoms with Crippen LogP contribution in [-0.2, 0) is 0 Å². The second-order valence-electron chi connectivity index (χ2n) is 9.93. The summed E-state index contributed by atoms with van der Waals surface area (Å²) in [5.74, 6) is 0. The quantitative estimate of drug-likeness (QED) is 0.176. The first-order valence-corrected chi connectivity index (χ1v) is 13.3. The van der Waals surface area contributed by atoms with Crippen LogP contribution in [0.25, 0.3) is 77.4 Å². The SMILES string of the molecule is c1ccc(-c2cc(-c3nc4cc5ccc6cccnc6c5nc4c4ccccc34)cc(-c3ccccc3)n2)cc1. The lowest BCUT2D eigenvalue weighted by atomic mass is 9.98. The van der Waals surface area contributed by atoms with Crippen LogP contribution in [0.4, 0.5) is 0 Å². The Balaban J connectivity index is 1.44. The monoisotopic (exact) mass is 510 g/mol. The third-order valence-electron chi connectivity index (χ3n) is 7.45. The lowest BCUT2D eigenvalue weighted by Crippen LogP contribution is -1.96. The highest BCUT2D eigenvalue weighted by molar-refractivity contribution is 6.14. The molecule has 8 aromatic rings. The molecule has 8 rings (SSSR count). The van der Waals surface area contributed by atoms with E-state index in [0.717, 1.165) is 77.4 Å². The van der Waals surface area contributed by atoms with E-state index in [4.69, 9.17) is 15.0 Å². The molecule has 0 aliphatic heterocycles. The van der Waals surface area contributed by atoms with Crippen molar-refractivity contribution in [3.63, 3.8) is 0 Å². The molecule has 0 saturated carbocycles. The number of fused-ring (bicyclic) bond motifs is 6. The third-order valence-corrected chi connectivity index (χ3v) is 7.45. The number of aromatic nitrogens is 4. The summed E-state index contributed by atoms with van der Waals surface area (Å²) in [6.45, 7) is 0. The molecule has 4 nitrogen and oxygen atoms in total. The van der Waals surface area contributed by atoms with Crippen LogP contribution < -0.4 is 0 Å². The van der Waals surface area contributed by atoms with E-state index in [-0.39, 0.29) is 0 Å². The summed E-state index contributed by atoms with van der Waals surface area (Å²) in [5, 5.41) is 4.22. The Bertz CT molecular complexity index is 2150. The largest absolute Gasteiger partial charge is 0.254 e. The van der Waals surface area contributed by atoms with Crippen molar-refractivity contribution < 1.29 is 0 Å². The Morgan fingerprint density at radius 1 is 0.400 bits per heavy atom. The lowest BCUT2D eigenvalue weighted by Gasteiger charge is -2.14. The summed E-state index contributed by atoms with van der Waals surface area (Å²) in [4.78, 5) is 20.1. The normalized spacial score (nSPS) is 11.5. The zero-order valence-corrected chi connectivity index (χ0v) is 21.5. The average molecular weight is 511 g/mol. The number of rotatable bonds is 3. The summed E-state index contributed by atoms with van der Waals surface area (Å²) in [5.41, 5.74) is 9.44. The van der Waals surface area contributed by atoms with Crippen LogP contribution in [0.1, 0.15) is 0 Å². The molecule has 0 aliphatic carbocycles. The van der Waals surface area contributed by atoms with Gasteiger partial charge in [-0.05, 0) is 24.3 Å². The maximum Gasteiger partial charge on any atom is 0.0974 e. The van der Waals surface area contributed by atoms with Crippen LogP contribution >= 0.6 is 0 Å². The Hall–Kier alpha value is -5.48. The highest BCUT2D eigenvalue weighted by Crippen LogP contribution is 2.36. The van der Waals surface area contributed by atoms with E-state index < -0.39 is 0 Å². The van der Waals surface area contributed by atoms with Gasteiger partial charge in [0.15, 0.2) is 0 Å². The molecule has 4 aromatic heterocycles. The van der Waals surface area contributed by atoms with Gasteiger partial charge in [0.1, 0.15) is 0 Å². The first-order valence-electron chi connectivity index (χ1n) is 13.3. The van der Waals surface area contributed by atoms with Crippen LogP contribution in [0.3, 0.4) is 0 Å². The Kier molecular flexibility index (Phi) is 5.10. The van der Waals surface area contributed by atoms with Gasteiger partial charge >= 0.3 is 0 Å². The number of benzene rings is 4. The van der Waals surface area contributed by atoms with E-state index in [1.165, 1.54) is 0 Å². The lowest BCUT2D eigenvalue weighted by molar-refractivity contribution is 1.31. The van der Waals surface area contributed by atoms with E-state index >= 15 is 0 Å². The molecule has 0 amide bonds. The number of hydrogen-bond donors (Lipinski definition) is 0. The number of hydrogen-bond acceptors (Lipinski definition) is 4. The second-order valence-corrected chi connectivity index (χ2v) is 9.93. The maximum absolute atomic E-state index is 5.26. The topological polar surface area (TPSA) is 51.6 Å². The molecule has 0 atom stereocenters. The van der Waals surface area contributed by atoms with Gasteiger partial charge in [-0.2, -0.15) is 0 Å². The van der Waals surface area contributed by atoms with E-state index in [1.54, 1.807) is 0 Å². The molecular weight excluding hydrogens is 488 g/mol. The van der Waals surface area contributed by atoms with Crippen LogP contribution in [0.5, 0.6) is 0 Å². The molecule has 0 aliphatic rings. The molecule has 0 N–H and O–H groups in total. The molecule has 186 valence electrons. The Labute approximate surface area is 230 Å². The first kappa shape index (κ1) is 22.5. The zero-order valence-electron chi connectivity index (χ0n) is 21.5. The molecule has 0 unspecified atom stereocenters. The minimum atomic E-state index is 0.857. The summed E-state index contributed by atoms with van der Waals surface area (Å²) in [6.07, 6.45) is 1.82. The van der Waals surface area contributed by atoms with Crippen molar-refractivity contribution in [3.05, 3.63) is 134 Å². The van der Waals surface area contributed by atoms with Gasteiger partial charge in [-0.1, -0.05) is 103 Å². The van der Waals surface area contributed by atoms with Crippen molar-refractivity contribution >= 4 is 43.6 Å². The minimum Gasteiger partial charge on any atom is -0.254 e. The first-order chi connectivity index (χ1) is 19.8. The molecule has 4 aromatic carbocycles. The summed E-state index contributed by atoms with van der Waals surface area (Å²) < 4.78 is 0. The predicted molar refractivity (Wildman–Crippen MR) is 164 cm³/mol. The van der Waals surface area contributed by atoms with Gasteiger partial charge in [0.05, 0.1) is 39.1 Å². The molecule has 0 spiro atoms. The van der Waals surface area contributed by atoms with E-state index in [1.807, 2.05) is 48.7 Å². The highest BCUT2D eigenvalue weighted by Gasteiger charge is 2.16. The van der Waals surface area contributed by atoms with Gasteiger partial charge in [0.2, 0.25) is 0 Å². The molecule has 0 radical (unpaired) electrons. The summed E-state index contributed by atoms with van der Waals surface area (Å²) >= 11 is 0. The Morgan fingerprint density at radius 2 is 1.05 bits per heavy atom. The van der Waals surface area contributed by atoms with Gasteiger partial charge in [-0.3, -0.25) is 4.98 Å². The molecule has 0 saturated heterocycles. The van der Waals surface area contributed by atoms with Crippen molar-refractivity contribution in [3.8, 4) is 33.8 Å². The van der Waals surface area contributed by atoms with E-state index in [2.05, 4.69) is 89.9 Å². The molecular formula is C36H22N4. The van der Waals surface area contributed by atoms with Crippen LogP contribution in [0, 0.1) is 0 Å². The van der Waals surface area contributed by atoms with Crippen LogP contribution in [-0.4, -0.2) is 19.9 Å². The second kappa shape index (κ2) is 9.07. The standard InChI is InChI=1S/C36H22N4/c1-3-10-23(11-4-1)30-21-27(22-31(38-30)24-12-5-2-6-13-24)33-28-15-7-8-16-29(28)36-32(39-33)20-26-18-17-25-14-9-19-37-34(25)35(26)40-36/h1-22H. The predicted octanol–water partition coefficient (Wildman–Crippen LogP) is 8.88. The fraction of sp³-hybridized carbons (Fsp3) is 0. The van der Waals surface area contributed by atoms with Gasteiger partial charge in [0, 0.05) is 44.4 Å². The maximum atomic E-state index is 5.26. The number of pyridine rings is 4. The van der Waals surface area contributed by atoms with E-state index in [9.17, 15) is 0 Å². The van der Waals surface area contributed by atoms with Crippen molar-refractivity contribution in [1.29, 1.82) is 0 Å². The fourth-order valence-electron chi connectivity index (χ4n) is 5.53. The van der Waals surface area contributed by atoms with Gasteiger partial charge in [-0.15, -0.1) is 0 Å². The molecule has 0 bridgehead atoms. The van der Waals surface area contributed by atoms with Gasteiger partial charge in [0.25, 0.3) is 0 Å². The minimum absolute atomic E-state index is 0.857. The van der Waals surface area contributed by atoms with Crippen LogP contribution in [0.2, 0.25) is 0 Å². The summed E-state index contributed by atoms with van der Waals surface area (Å²) in [7, 11) is 0. The van der Waals surface area contributed by atoms with Crippen molar-refractivity contribution in [1.82, 2.24) is 19.9 Å². The molecule has 0 fully saturated rings. The van der Waals surface area contributed by atoms with Crippen LogP contribution in [0.15, 0.2) is 134 Å². The van der Waals surface area contributed by atoms with Crippen molar-refractivity contribution in [2.24, 2.45) is 0 Å². The van der Waals surface area contributed by atoms with Crippen molar-refractivity contribution in [2.75, 3.05) is 0 Å². The highest BCUT2D eigenvalue weighted by atomic mass is 14.8. The Morgan fingerprint density at radius 3 is 1.77 bits per heavy atom. The summed E-state index contributed by atoms with van der Waals surface area (Å²) in [6, 6.07) is 43.7. The van der Waals surface area contributed by atoms with Gasteiger partial charge in [-0.25, -0.2) is 15.0 Å². The number of nitrogens with zero attached hydrogens (tertiary/aromatic N) is 4. The van der Waals surface area contributed by atoms with Crippen molar-refractivity contribution in [2.45, 2.75) is 0 Å². The smallest absolute Gasteiger partial charge is 0.0974 e. The third kappa shape index (κ3) is 3.69. The van der Waals surface area contributed by atoms with E-state index in [0.29, 0.717) is 0 Å². The zero-order chi connectivity index (χ0) is 26.5.